The third-order valence-electron chi connectivity index (χ3n) is 3.32. The maximum atomic E-state index is 5.51. The highest BCUT2D eigenvalue weighted by molar-refractivity contribution is 9.10. The predicted molar refractivity (Wildman–Crippen MR) is 71.0 cm³/mol. The summed E-state index contributed by atoms with van der Waals surface area (Å²) in [5.41, 5.74) is 2.86. The van der Waals surface area contributed by atoms with Crippen LogP contribution >= 0.6 is 15.9 Å². The van der Waals surface area contributed by atoms with E-state index >= 15 is 0 Å². The molecule has 0 aliphatic carbocycles. The van der Waals surface area contributed by atoms with Gasteiger partial charge in [-0.25, -0.2) is 0 Å². The Labute approximate surface area is 109 Å². The maximum absolute atomic E-state index is 5.51. The van der Waals surface area contributed by atoms with Crippen LogP contribution in [0.3, 0.4) is 0 Å². The van der Waals surface area contributed by atoms with Gasteiger partial charge in [0.05, 0.1) is 10.7 Å². The van der Waals surface area contributed by atoms with Gasteiger partial charge in [0, 0.05) is 25.4 Å². The number of hydrogen-bond donors (Lipinski definition) is 1. The lowest BCUT2D eigenvalue weighted by Crippen LogP contribution is -2.29. The van der Waals surface area contributed by atoms with Crippen molar-refractivity contribution in [2.45, 2.75) is 18.9 Å². The van der Waals surface area contributed by atoms with E-state index in [9.17, 15) is 0 Å². The molecule has 0 spiro atoms. The zero-order valence-corrected chi connectivity index (χ0v) is 11.0. The van der Waals surface area contributed by atoms with Crippen LogP contribution in [-0.2, 0) is 13.0 Å². The van der Waals surface area contributed by atoms with Crippen molar-refractivity contribution in [1.82, 2.24) is 5.32 Å². The van der Waals surface area contributed by atoms with Crippen LogP contribution in [0.25, 0.3) is 0 Å². The Bertz CT molecular complexity index is 520. The number of hydrogen-bond acceptors (Lipinski definition) is 2. The first-order chi connectivity index (χ1) is 8.34. The summed E-state index contributed by atoms with van der Waals surface area (Å²) < 4.78 is 6.58. The third kappa shape index (κ3) is 2.17. The van der Waals surface area contributed by atoms with Gasteiger partial charge in [-0.2, -0.15) is 0 Å². The molecule has 1 aliphatic heterocycles. The summed E-state index contributed by atoms with van der Waals surface area (Å²) in [7, 11) is 0. The fraction of sp³-hybridized carbons (Fsp3) is 0.286. The Balaban J connectivity index is 1.88. The molecule has 1 atom stereocenters. The molecule has 0 amide bonds. The van der Waals surface area contributed by atoms with Gasteiger partial charge in [0.15, 0.2) is 0 Å². The van der Waals surface area contributed by atoms with E-state index in [2.05, 4.69) is 45.5 Å². The molecule has 0 radical (unpaired) electrons. The molecule has 3 heteroatoms. The summed E-state index contributed by atoms with van der Waals surface area (Å²) in [5, 5.41) is 3.47. The second kappa shape index (κ2) is 4.67. The summed E-state index contributed by atoms with van der Waals surface area (Å²) >= 11 is 3.52. The van der Waals surface area contributed by atoms with Crippen molar-refractivity contribution in [3.05, 3.63) is 58.0 Å². The molecule has 0 bridgehead atoms. The first-order valence-electron chi connectivity index (χ1n) is 5.85. The molecule has 3 rings (SSSR count). The first-order valence-corrected chi connectivity index (χ1v) is 6.64. The van der Waals surface area contributed by atoms with Crippen LogP contribution in [0.5, 0.6) is 0 Å². The quantitative estimate of drug-likeness (QED) is 0.917. The predicted octanol–water partition coefficient (Wildman–Crippen LogP) is 3.47. The van der Waals surface area contributed by atoms with E-state index in [1.54, 1.807) is 6.26 Å². The van der Waals surface area contributed by atoms with E-state index < -0.39 is 0 Å². The van der Waals surface area contributed by atoms with Gasteiger partial charge < -0.3 is 9.73 Å². The smallest absolute Gasteiger partial charge is 0.118 e. The molecule has 1 aromatic carbocycles. The number of furan rings is 1. The Hall–Kier alpha value is -1.06. The van der Waals surface area contributed by atoms with Crippen LogP contribution < -0.4 is 5.32 Å². The second-order valence-corrected chi connectivity index (χ2v) is 5.28. The Kier molecular flexibility index (Phi) is 3.04. The van der Waals surface area contributed by atoms with Gasteiger partial charge >= 0.3 is 0 Å². The summed E-state index contributed by atoms with van der Waals surface area (Å²) in [6, 6.07) is 10.6. The highest BCUT2D eigenvalue weighted by Gasteiger charge is 2.21. The van der Waals surface area contributed by atoms with Crippen LogP contribution in [0.2, 0.25) is 0 Å². The SMILES string of the molecule is Brc1ccoc1CC1CNCc2ccccc21. The topological polar surface area (TPSA) is 25.2 Å². The number of halogens is 1. The first kappa shape index (κ1) is 11.1. The number of benzene rings is 1. The van der Waals surface area contributed by atoms with Crippen molar-refractivity contribution >= 4 is 15.9 Å². The molecule has 0 saturated heterocycles. The zero-order valence-electron chi connectivity index (χ0n) is 9.45. The fourth-order valence-corrected chi connectivity index (χ4v) is 2.82. The molecule has 0 fully saturated rings. The zero-order chi connectivity index (χ0) is 11.7. The minimum atomic E-state index is 0.502. The van der Waals surface area contributed by atoms with Crippen molar-refractivity contribution < 1.29 is 4.42 Å². The van der Waals surface area contributed by atoms with Crippen LogP contribution in [0.4, 0.5) is 0 Å². The Morgan fingerprint density at radius 1 is 1.29 bits per heavy atom. The van der Waals surface area contributed by atoms with Gasteiger partial charge in [-0.3, -0.25) is 0 Å². The van der Waals surface area contributed by atoms with Crippen molar-refractivity contribution in [1.29, 1.82) is 0 Å². The second-order valence-electron chi connectivity index (χ2n) is 4.42. The highest BCUT2D eigenvalue weighted by atomic mass is 79.9. The van der Waals surface area contributed by atoms with Crippen molar-refractivity contribution in [2.75, 3.05) is 6.54 Å². The lowest BCUT2D eigenvalue weighted by Gasteiger charge is -2.25. The molecule has 1 N–H and O–H groups in total. The normalized spacial score (nSPS) is 19.0. The van der Waals surface area contributed by atoms with Crippen LogP contribution in [0.15, 0.2) is 45.5 Å². The minimum Gasteiger partial charge on any atom is -0.468 e. The lowest BCUT2D eigenvalue weighted by molar-refractivity contribution is 0.458. The van der Waals surface area contributed by atoms with E-state index in [1.807, 2.05) is 6.07 Å². The lowest BCUT2D eigenvalue weighted by atomic mass is 9.88. The van der Waals surface area contributed by atoms with Crippen LogP contribution in [0, 0.1) is 0 Å². The van der Waals surface area contributed by atoms with Gasteiger partial charge in [0.1, 0.15) is 5.76 Å². The van der Waals surface area contributed by atoms with Gasteiger partial charge in [-0.15, -0.1) is 0 Å². The molecular weight excluding hydrogens is 278 g/mol. The van der Waals surface area contributed by atoms with Gasteiger partial charge in [0.2, 0.25) is 0 Å². The molecule has 2 nitrogen and oxygen atoms in total. The summed E-state index contributed by atoms with van der Waals surface area (Å²) in [6.45, 7) is 2.00. The maximum Gasteiger partial charge on any atom is 0.118 e. The van der Waals surface area contributed by atoms with Crippen LogP contribution in [0.1, 0.15) is 22.8 Å². The number of nitrogens with one attached hydrogen (secondary N) is 1. The summed E-state index contributed by atoms with van der Waals surface area (Å²) in [5.74, 6) is 1.54. The molecule has 0 saturated carbocycles. The average Bonchev–Trinajstić information content (AvgIpc) is 2.76. The van der Waals surface area contributed by atoms with Crippen molar-refractivity contribution in [3.63, 3.8) is 0 Å². The monoisotopic (exact) mass is 291 g/mol. The highest BCUT2D eigenvalue weighted by Crippen LogP contribution is 2.29. The molecule has 1 aromatic heterocycles. The van der Waals surface area contributed by atoms with E-state index in [4.69, 9.17) is 4.42 Å². The fourth-order valence-electron chi connectivity index (χ4n) is 2.46. The molecule has 1 unspecified atom stereocenters. The summed E-state index contributed by atoms with van der Waals surface area (Å²) in [4.78, 5) is 0. The number of rotatable bonds is 2. The van der Waals surface area contributed by atoms with E-state index in [-0.39, 0.29) is 0 Å². The van der Waals surface area contributed by atoms with Gasteiger partial charge in [0.25, 0.3) is 0 Å². The summed E-state index contributed by atoms with van der Waals surface area (Å²) in [6.07, 6.45) is 2.68. The average molecular weight is 292 g/mol. The minimum absolute atomic E-state index is 0.502. The Morgan fingerprint density at radius 2 is 2.18 bits per heavy atom. The standard InChI is InChI=1S/C14H14BrNO/c15-13-5-6-17-14(13)7-11-9-16-8-10-3-1-2-4-12(10)11/h1-6,11,16H,7-9H2. The van der Waals surface area contributed by atoms with E-state index in [0.29, 0.717) is 5.92 Å². The van der Waals surface area contributed by atoms with Crippen LogP contribution in [-0.4, -0.2) is 6.54 Å². The number of fused-ring (bicyclic) bond motifs is 1. The third-order valence-corrected chi connectivity index (χ3v) is 4.03. The van der Waals surface area contributed by atoms with Crippen molar-refractivity contribution in [2.24, 2.45) is 0 Å². The van der Waals surface area contributed by atoms with E-state index in [1.165, 1.54) is 11.1 Å². The largest absolute Gasteiger partial charge is 0.468 e. The molecule has 1 aliphatic rings. The van der Waals surface area contributed by atoms with Gasteiger partial charge in [-0.1, -0.05) is 24.3 Å². The van der Waals surface area contributed by atoms with Gasteiger partial charge in [-0.05, 0) is 33.1 Å². The molecule has 2 heterocycles. The Morgan fingerprint density at radius 3 is 3.00 bits per heavy atom. The molecule has 88 valence electrons. The molecular formula is C14H14BrNO. The van der Waals surface area contributed by atoms with Crippen molar-refractivity contribution in [3.8, 4) is 0 Å². The molecule has 2 aromatic rings. The molecule has 17 heavy (non-hydrogen) atoms. The van der Waals surface area contributed by atoms with E-state index in [0.717, 1.165) is 29.7 Å².